The third-order valence-electron chi connectivity index (χ3n) is 3.38. The minimum atomic E-state index is -0.536. The molecule has 3 heteroatoms. The van der Waals surface area contributed by atoms with Crippen molar-refractivity contribution in [2.45, 2.75) is 19.4 Å². The molecule has 2 aromatic carbocycles. The maximum absolute atomic E-state index is 12.5. The second kappa shape index (κ2) is 6.35. The van der Waals surface area contributed by atoms with E-state index in [4.69, 9.17) is 5.73 Å². The van der Waals surface area contributed by atoms with Crippen LogP contribution in [-0.2, 0) is 4.79 Å². The molecular formula is C17H20N2O. The first-order chi connectivity index (χ1) is 9.69. The van der Waals surface area contributed by atoms with Crippen LogP contribution in [0.25, 0.3) is 10.8 Å². The Hall–Kier alpha value is -2.13. The summed E-state index contributed by atoms with van der Waals surface area (Å²) >= 11 is 0. The number of anilines is 1. The second-order valence-electron chi connectivity index (χ2n) is 4.71. The summed E-state index contributed by atoms with van der Waals surface area (Å²) in [6.07, 6.45) is 2.17. The lowest BCUT2D eigenvalue weighted by atomic mass is 10.1. The predicted molar refractivity (Wildman–Crippen MR) is 84.8 cm³/mol. The number of likely N-dealkylation sites (N-methyl/N-ethyl adjacent to an activating group) is 1. The average molecular weight is 268 g/mol. The van der Waals surface area contributed by atoms with Crippen molar-refractivity contribution in [3.05, 3.63) is 55.1 Å². The van der Waals surface area contributed by atoms with Gasteiger partial charge < -0.3 is 10.6 Å². The largest absolute Gasteiger partial charge is 0.320 e. The summed E-state index contributed by atoms with van der Waals surface area (Å²) in [6, 6.07) is 13.5. The fraction of sp³-hybridized carbons (Fsp3) is 0.235. The van der Waals surface area contributed by atoms with E-state index in [1.54, 1.807) is 11.0 Å². The van der Waals surface area contributed by atoms with Crippen LogP contribution in [0.1, 0.15) is 13.3 Å². The summed E-state index contributed by atoms with van der Waals surface area (Å²) < 4.78 is 0. The highest BCUT2D eigenvalue weighted by Gasteiger charge is 2.21. The molecular weight excluding hydrogens is 248 g/mol. The second-order valence-corrected chi connectivity index (χ2v) is 4.71. The van der Waals surface area contributed by atoms with Gasteiger partial charge in [0.2, 0.25) is 5.91 Å². The van der Waals surface area contributed by atoms with E-state index in [-0.39, 0.29) is 5.91 Å². The monoisotopic (exact) mass is 268 g/mol. The Bertz CT molecular complexity index is 616. The Balaban J connectivity index is 2.44. The molecule has 2 rings (SSSR count). The van der Waals surface area contributed by atoms with Crippen LogP contribution in [0.2, 0.25) is 0 Å². The first kappa shape index (κ1) is 14.3. The molecule has 3 nitrogen and oxygen atoms in total. The lowest BCUT2D eigenvalue weighted by Gasteiger charge is -2.25. The first-order valence-corrected chi connectivity index (χ1v) is 6.84. The molecule has 0 saturated carbocycles. The quantitative estimate of drug-likeness (QED) is 0.847. The number of nitrogens with two attached hydrogens (primary N) is 1. The fourth-order valence-electron chi connectivity index (χ4n) is 2.37. The lowest BCUT2D eigenvalue weighted by molar-refractivity contribution is -0.119. The number of nitrogens with zero attached hydrogens (tertiary/aromatic N) is 1. The standard InChI is InChI=1S/C17H20N2O/c1-3-8-15(18)17(20)19(4-2)16-12-7-10-13-9-5-6-11-14(13)16/h3,5-7,9-12,15H,1,4,8,18H2,2H3. The summed E-state index contributed by atoms with van der Waals surface area (Å²) in [5.41, 5.74) is 6.84. The molecule has 104 valence electrons. The van der Waals surface area contributed by atoms with E-state index in [0.29, 0.717) is 13.0 Å². The van der Waals surface area contributed by atoms with Gasteiger partial charge in [0, 0.05) is 11.9 Å². The molecule has 0 heterocycles. The average Bonchev–Trinajstić information content (AvgIpc) is 2.48. The normalized spacial score (nSPS) is 12.1. The van der Waals surface area contributed by atoms with E-state index in [0.717, 1.165) is 16.5 Å². The number of amides is 1. The van der Waals surface area contributed by atoms with Crippen molar-refractivity contribution < 1.29 is 4.79 Å². The van der Waals surface area contributed by atoms with Gasteiger partial charge in [-0.25, -0.2) is 0 Å². The van der Waals surface area contributed by atoms with Gasteiger partial charge in [0.05, 0.1) is 11.7 Å². The summed E-state index contributed by atoms with van der Waals surface area (Å²) in [6.45, 7) is 6.19. The SMILES string of the molecule is C=CCC(N)C(=O)N(CC)c1cccc2ccccc12. The molecule has 2 aromatic rings. The van der Waals surface area contributed by atoms with Gasteiger partial charge in [-0.05, 0) is 24.8 Å². The van der Waals surface area contributed by atoms with Crippen LogP contribution in [0, 0.1) is 0 Å². The maximum atomic E-state index is 12.5. The van der Waals surface area contributed by atoms with Crippen LogP contribution in [0.4, 0.5) is 5.69 Å². The lowest BCUT2D eigenvalue weighted by Crippen LogP contribution is -2.43. The molecule has 0 aliphatic rings. The zero-order valence-corrected chi connectivity index (χ0v) is 11.8. The molecule has 1 unspecified atom stereocenters. The smallest absolute Gasteiger partial charge is 0.244 e. The zero-order chi connectivity index (χ0) is 14.5. The third-order valence-corrected chi connectivity index (χ3v) is 3.38. The molecule has 0 bridgehead atoms. The molecule has 0 aliphatic heterocycles. The Labute approximate surface area is 119 Å². The van der Waals surface area contributed by atoms with Crippen molar-refractivity contribution in [1.29, 1.82) is 0 Å². The molecule has 0 saturated heterocycles. The number of benzene rings is 2. The molecule has 1 amide bonds. The fourth-order valence-corrected chi connectivity index (χ4v) is 2.37. The molecule has 2 N–H and O–H groups in total. The maximum Gasteiger partial charge on any atom is 0.244 e. The molecule has 0 aromatic heterocycles. The van der Waals surface area contributed by atoms with Crippen LogP contribution in [0.3, 0.4) is 0 Å². The van der Waals surface area contributed by atoms with E-state index >= 15 is 0 Å². The summed E-state index contributed by atoms with van der Waals surface area (Å²) in [5, 5.41) is 2.18. The van der Waals surface area contributed by atoms with Gasteiger partial charge in [0.15, 0.2) is 0 Å². The van der Waals surface area contributed by atoms with E-state index < -0.39 is 6.04 Å². The van der Waals surface area contributed by atoms with Crippen LogP contribution < -0.4 is 10.6 Å². The van der Waals surface area contributed by atoms with E-state index in [2.05, 4.69) is 6.58 Å². The molecule has 0 fully saturated rings. The third kappa shape index (κ3) is 2.73. The van der Waals surface area contributed by atoms with Gasteiger partial charge in [-0.2, -0.15) is 0 Å². The Kier molecular flexibility index (Phi) is 4.53. The van der Waals surface area contributed by atoms with Gasteiger partial charge in [-0.15, -0.1) is 6.58 Å². The van der Waals surface area contributed by atoms with E-state index in [1.807, 2.05) is 49.4 Å². The highest BCUT2D eigenvalue weighted by atomic mass is 16.2. The van der Waals surface area contributed by atoms with E-state index in [1.165, 1.54) is 0 Å². The Morgan fingerprint density at radius 3 is 2.70 bits per heavy atom. The van der Waals surface area contributed by atoms with Gasteiger partial charge >= 0.3 is 0 Å². The van der Waals surface area contributed by atoms with E-state index in [9.17, 15) is 4.79 Å². The number of fused-ring (bicyclic) bond motifs is 1. The molecule has 20 heavy (non-hydrogen) atoms. The van der Waals surface area contributed by atoms with Gasteiger partial charge in [0.25, 0.3) is 0 Å². The summed E-state index contributed by atoms with van der Waals surface area (Å²) in [5.74, 6) is -0.0660. The first-order valence-electron chi connectivity index (χ1n) is 6.84. The van der Waals surface area contributed by atoms with Gasteiger partial charge in [0.1, 0.15) is 0 Å². The van der Waals surface area contributed by atoms with Crippen LogP contribution in [0.15, 0.2) is 55.1 Å². The van der Waals surface area contributed by atoms with Crippen LogP contribution in [0.5, 0.6) is 0 Å². The number of carbonyl (C=O) groups is 1. The highest BCUT2D eigenvalue weighted by molar-refractivity contribution is 6.05. The van der Waals surface area contributed by atoms with Crippen LogP contribution in [-0.4, -0.2) is 18.5 Å². The Morgan fingerprint density at radius 1 is 1.30 bits per heavy atom. The van der Waals surface area contributed by atoms with Crippen molar-refractivity contribution in [1.82, 2.24) is 0 Å². The minimum absolute atomic E-state index is 0.0660. The van der Waals surface area contributed by atoms with Crippen molar-refractivity contribution in [3.63, 3.8) is 0 Å². The topological polar surface area (TPSA) is 46.3 Å². The predicted octanol–water partition coefficient (Wildman–Crippen LogP) is 3.10. The number of rotatable bonds is 5. The van der Waals surface area contributed by atoms with Crippen LogP contribution >= 0.6 is 0 Å². The van der Waals surface area contributed by atoms with Crippen molar-refractivity contribution in [3.8, 4) is 0 Å². The minimum Gasteiger partial charge on any atom is -0.320 e. The molecule has 0 radical (unpaired) electrons. The van der Waals surface area contributed by atoms with Gasteiger partial charge in [-0.1, -0.05) is 42.5 Å². The molecule has 0 aliphatic carbocycles. The number of hydrogen-bond acceptors (Lipinski definition) is 2. The molecule has 1 atom stereocenters. The number of carbonyl (C=O) groups excluding carboxylic acids is 1. The summed E-state index contributed by atoms with van der Waals surface area (Å²) in [7, 11) is 0. The summed E-state index contributed by atoms with van der Waals surface area (Å²) in [4.78, 5) is 14.2. The zero-order valence-electron chi connectivity index (χ0n) is 11.8. The van der Waals surface area contributed by atoms with Gasteiger partial charge in [-0.3, -0.25) is 4.79 Å². The van der Waals surface area contributed by atoms with Crippen molar-refractivity contribution in [2.75, 3.05) is 11.4 Å². The Morgan fingerprint density at radius 2 is 2.00 bits per heavy atom. The molecule has 0 spiro atoms. The van der Waals surface area contributed by atoms with Crippen molar-refractivity contribution >= 4 is 22.4 Å². The highest BCUT2D eigenvalue weighted by Crippen LogP contribution is 2.27. The van der Waals surface area contributed by atoms with Crippen molar-refractivity contribution in [2.24, 2.45) is 5.73 Å². The number of hydrogen-bond donors (Lipinski definition) is 1.